The van der Waals surface area contributed by atoms with Gasteiger partial charge in [-0.25, -0.2) is 9.78 Å². The molecular weight excluding hydrogens is 512 g/mol. The number of amides is 3. The van der Waals surface area contributed by atoms with Crippen molar-refractivity contribution in [3.8, 4) is 11.3 Å². The second kappa shape index (κ2) is 11.9. The Morgan fingerprint density at radius 1 is 1.00 bits per heavy atom. The number of ether oxygens (including phenoxy) is 1. The van der Waals surface area contributed by atoms with Gasteiger partial charge in [0.15, 0.2) is 5.13 Å². The fourth-order valence-corrected chi connectivity index (χ4v) is 5.18. The van der Waals surface area contributed by atoms with E-state index in [1.54, 1.807) is 24.1 Å². The highest BCUT2D eigenvalue weighted by Crippen LogP contribution is 2.27. The molecule has 1 aliphatic heterocycles. The van der Waals surface area contributed by atoms with Crippen molar-refractivity contribution < 1.29 is 19.1 Å². The molecule has 1 aromatic heterocycles. The summed E-state index contributed by atoms with van der Waals surface area (Å²) in [6, 6.07) is 25.5. The van der Waals surface area contributed by atoms with E-state index >= 15 is 0 Å². The summed E-state index contributed by atoms with van der Waals surface area (Å²) in [7, 11) is 1.75. The molecule has 4 aromatic rings. The lowest BCUT2D eigenvalue weighted by Crippen LogP contribution is -2.43. The first-order valence-corrected chi connectivity index (χ1v) is 13.5. The van der Waals surface area contributed by atoms with Gasteiger partial charge in [-0.3, -0.25) is 14.5 Å². The Kier molecular flexibility index (Phi) is 7.98. The number of carbonyl (C=O) groups excluding carboxylic acids is 3. The third-order valence-corrected chi connectivity index (χ3v) is 7.36. The zero-order chi connectivity index (χ0) is 27.2. The number of hydrogen-bond acceptors (Lipinski definition) is 6. The molecular formula is C30H28N4O4S. The van der Waals surface area contributed by atoms with Crippen molar-refractivity contribution in [1.29, 1.82) is 0 Å². The lowest BCUT2D eigenvalue weighted by molar-refractivity contribution is -0.120. The zero-order valence-electron chi connectivity index (χ0n) is 21.4. The van der Waals surface area contributed by atoms with Crippen LogP contribution < -0.4 is 10.2 Å². The fraction of sp³-hybridized carbons (Fsp3) is 0.200. The van der Waals surface area contributed by atoms with Crippen LogP contribution in [0.2, 0.25) is 0 Å². The topological polar surface area (TPSA) is 91.8 Å². The van der Waals surface area contributed by atoms with Gasteiger partial charge in [0.05, 0.1) is 5.69 Å². The van der Waals surface area contributed by atoms with Crippen LogP contribution in [0.4, 0.5) is 15.6 Å². The highest BCUT2D eigenvalue weighted by molar-refractivity contribution is 7.14. The molecule has 1 unspecified atom stereocenters. The fourth-order valence-electron chi connectivity index (χ4n) is 4.46. The van der Waals surface area contributed by atoms with Gasteiger partial charge < -0.3 is 15.0 Å². The average molecular weight is 541 g/mol. The van der Waals surface area contributed by atoms with Gasteiger partial charge in [0.2, 0.25) is 5.91 Å². The summed E-state index contributed by atoms with van der Waals surface area (Å²) in [4.78, 5) is 46.2. The van der Waals surface area contributed by atoms with Crippen molar-refractivity contribution in [3.63, 3.8) is 0 Å². The molecule has 0 aliphatic carbocycles. The molecule has 5 rings (SSSR count). The maximum Gasteiger partial charge on any atom is 0.410 e. The Balaban J connectivity index is 1.18. The highest BCUT2D eigenvalue weighted by Gasteiger charge is 2.35. The number of thiazole rings is 1. The first-order chi connectivity index (χ1) is 19.0. The molecule has 1 saturated heterocycles. The average Bonchev–Trinajstić information content (AvgIpc) is 3.67. The predicted molar refractivity (Wildman–Crippen MR) is 152 cm³/mol. The minimum atomic E-state index is -0.604. The molecule has 39 heavy (non-hydrogen) atoms. The first kappa shape index (κ1) is 26.1. The monoisotopic (exact) mass is 540 g/mol. The van der Waals surface area contributed by atoms with Crippen LogP contribution in [0.5, 0.6) is 0 Å². The van der Waals surface area contributed by atoms with E-state index in [-0.39, 0.29) is 18.4 Å². The molecule has 0 bridgehead atoms. The summed E-state index contributed by atoms with van der Waals surface area (Å²) < 4.78 is 5.44. The minimum Gasteiger partial charge on any atom is -0.445 e. The van der Waals surface area contributed by atoms with Gasteiger partial charge in [-0.1, -0.05) is 60.7 Å². The Morgan fingerprint density at radius 2 is 1.69 bits per heavy atom. The van der Waals surface area contributed by atoms with Gasteiger partial charge in [0.25, 0.3) is 5.91 Å². The van der Waals surface area contributed by atoms with Crippen LogP contribution in [0, 0.1) is 0 Å². The predicted octanol–water partition coefficient (Wildman–Crippen LogP) is 5.83. The molecule has 0 saturated carbocycles. The molecule has 1 N–H and O–H groups in total. The third kappa shape index (κ3) is 6.15. The number of benzene rings is 3. The van der Waals surface area contributed by atoms with Crippen LogP contribution in [-0.4, -0.2) is 47.4 Å². The molecule has 0 radical (unpaired) electrons. The van der Waals surface area contributed by atoms with Crippen molar-refractivity contribution in [2.45, 2.75) is 25.5 Å². The van der Waals surface area contributed by atoms with Gasteiger partial charge in [-0.05, 0) is 42.7 Å². The summed E-state index contributed by atoms with van der Waals surface area (Å²) in [6.07, 6.45) is 0.799. The van der Waals surface area contributed by atoms with Crippen molar-refractivity contribution >= 4 is 40.1 Å². The Morgan fingerprint density at radius 3 is 2.41 bits per heavy atom. The SMILES string of the molecule is CN(C(=O)c1ccc(-c2csc(NC(=O)C3CCCN3C(=O)OCc3ccccc3)n2)cc1)c1ccccc1. The number of nitrogens with zero attached hydrogens (tertiary/aromatic N) is 3. The van der Waals surface area contributed by atoms with Gasteiger partial charge in [0.1, 0.15) is 12.6 Å². The number of likely N-dealkylation sites (tertiary alicyclic amines) is 1. The molecule has 2 heterocycles. The van der Waals surface area contributed by atoms with E-state index < -0.39 is 12.1 Å². The number of rotatable bonds is 7. The number of aromatic nitrogens is 1. The van der Waals surface area contributed by atoms with Crippen LogP contribution in [0.3, 0.4) is 0 Å². The van der Waals surface area contributed by atoms with E-state index in [0.29, 0.717) is 29.4 Å². The Labute approximate surface area is 230 Å². The van der Waals surface area contributed by atoms with Gasteiger partial charge in [-0.15, -0.1) is 11.3 Å². The third-order valence-electron chi connectivity index (χ3n) is 6.61. The number of hydrogen-bond donors (Lipinski definition) is 1. The molecule has 198 valence electrons. The van der Waals surface area contributed by atoms with Gasteiger partial charge in [-0.2, -0.15) is 0 Å². The van der Waals surface area contributed by atoms with Crippen LogP contribution in [-0.2, 0) is 16.1 Å². The lowest BCUT2D eigenvalue weighted by atomic mass is 10.1. The minimum absolute atomic E-state index is 0.109. The molecule has 1 atom stereocenters. The van der Waals surface area contributed by atoms with Crippen LogP contribution in [0.1, 0.15) is 28.8 Å². The number of para-hydroxylation sites is 1. The van der Waals surface area contributed by atoms with E-state index in [0.717, 1.165) is 23.2 Å². The van der Waals surface area contributed by atoms with Crippen LogP contribution in [0.25, 0.3) is 11.3 Å². The molecule has 3 aromatic carbocycles. The molecule has 0 spiro atoms. The Bertz CT molecular complexity index is 1440. The smallest absolute Gasteiger partial charge is 0.410 e. The van der Waals surface area contributed by atoms with Crippen molar-refractivity contribution in [2.24, 2.45) is 0 Å². The Hall–Kier alpha value is -4.50. The van der Waals surface area contributed by atoms with Crippen molar-refractivity contribution in [1.82, 2.24) is 9.88 Å². The molecule has 3 amide bonds. The van der Waals surface area contributed by atoms with Crippen molar-refractivity contribution in [2.75, 3.05) is 23.8 Å². The summed E-state index contributed by atoms with van der Waals surface area (Å²) in [5.74, 6) is -0.391. The lowest BCUT2D eigenvalue weighted by Gasteiger charge is -2.22. The van der Waals surface area contributed by atoms with E-state index in [4.69, 9.17) is 4.74 Å². The number of nitrogens with one attached hydrogen (secondary N) is 1. The largest absolute Gasteiger partial charge is 0.445 e. The number of anilines is 2. The molecule has 1 aliphatic rings. The summed E-state index contributed by atoms with van der Waals surface area (Å²) in [5.41, 5.74) is 3.79. The van der Waals surface area contributed by atoms with Crippen LogP contribution in [0.15, 0.2) is 90.3 Å². The van der Waals surface area contributed by atoms with Crippen molar-refractivity contribution in [3.05, 3.63) is 101 Å². The normalized spacial score (nSPS) is 14.6. The standard InChI is InChI=1S/C30H28N4O4S/c1-33(24-11-6-3-7-12-24)28(36)23-16-14-22(15-17-23)25-20-39-29(31-25)32-27(35)26-13-8-18-34(26)30(37)38-19-21-9-4-2-5-10-21/h2-7,9-12,14-17,20,26H,8,13,18-19H2,1H3,(H,31,32,35). The summed E-state index contributed by atoms with van der Waals surface area (Å²) >= 11 is 1.31. The summed E-state index contributed by atoms with van der Waals surface area (Å²) in [5, 5.41) is 5.15. The van der Waals surface area contributed by atoms with E-state index in [1.807, 2.05) is 78.2 Å². The van der Waals surface area contributed by atoms with E-state index in [1.165, 1.54) is 16.2 Å². The van der Waals surface area contributed by atoms with E-state index in [9.17, 15) is 14.4 Å². The maximum absolute atomic E-state index is 13.0. The number of carbonyl (C=O) groups is 3. The quantitative estimate of drug-likeness (QED) is 0.319. The van der Waals surface area contributed by atoms with Gasteiger partial charge in [0, 0.05) is 35.8 Å². The van der Waals surface area contributed by atoms with Crippen LogP contribution >= 0.6 is 11.3 Å². The zero-order valence-corrected chi connectivity index (χ0v) is 22.3. The second-order valence-electron chi connectivity index (χ2n) is 9.20. The highest BCUT2D eigenvalue weighted by atomic mass is 32.1. The molecule has 9 heteroatoms. The molecule has 1 fully saturated rings. The molecule has 8 nitrogen and oxygen atoms in total. The van der Waals surface area contributed by atoms with Gasteiger partial charge >= 0.3 is 6.09 Å². The van der Waals surface area contributed by atoms with E-state index in [2.05, 4.69) is 10.3 Å². The first-order valence-electron chi connectivity index (χ1n) is 12.7. The maximum atomic E-state index is 13.0. The second-order valence-corrected chi connectivity index (χ2v) is 10.1. The summed E-state index contributed by atoms with van der Waals surface area (Å²) in [6.45, 7) is 0.632.